The van der Waals surface area contributed by atoms with Crippen LogP contribution in [0.3, 0.4) is 0 Å². The van der Waals surface area contributed by atoms with Crippen molar-refractivity contribution in [3.63, 3.8) is 0 Å². The third kappa shape index (κ3) is 4.38. The first-order valence-electron chi connectivity index (χ1n) is 6.09. The fourth-order valence-electron chi connectivity index (χ4n) is 1.68. The van der Waals surface area contributed by atoms with Crippen LogP contribution in [0.5, 0.6) is 11.5 Å². The molecular formula is C15H11BrF2O3S. The smallest absolute Gasteiger partial charge is 0.387 e. The Balaban J connectivity index is 2.15. The van der Waals surface area contributed by atoms with Gasteiger partial charge < -0.3 is 9.47 Å². The molecular weight excluding hydrogens is 378 g/mol. The van der Waals surface area contributed by atoms with Crippen LogP contribution in [0.1, 0.15) is 15.2 Å². The SMILES string of the molecule is COc1cc(/C=C/C(=O)c2cc(Br)cs2)ccc1OC(F)F. The first-order chi connectivity index (χ1) is 10.5. The Labute approximate surface area is 138 Å². The normalized spacial score (nSPS) is 11.1. The summed E-state index contributed by atoms with van der Waals surface area (Å²) in [4.78, 5) is 12.6. The van der Waals surface area contributed by atoms with Crippen LogP contribution < -0.4 is 9.47 Å². The van der Waals surface area contributed by atoms with Gasteiger partial charge in [0.1, 0.15) is 0 Å². The van der Waals surface area contributed by atoms with Gasteiger partial charge in [0.05, 0.1) is 12.0 Å². The van der Waals surface area contributed by atoms with E-state index in [0.717, 1.165) is 4.47 Å². The Bertz CT molecular complexity index is 698. The summed E-state index contributed by atoms with van der Waals surface area (Å²) in [6, 6.07) is 6.19. The molecule has 1 aromatic carbocycles. The van der Waals surface area contributed by atoms with Crippen LogP contribution in [0.4, 0.5) is 8.78 Å². The number of carbonyl (C=O) groups is 1. The molecule has 1 aromatic heterocycles. The fourth-order valence-corrected chi connectivity index (χ4v) is 3.03. The molecule has 0 N–H and O–H groups in total. The monoisotopic (exact) mass is 388 g/mol. The summed E-state index contributed by atoms with van der Waals surface area (Å²) in [6.45, 7) is -2.92. The quantitative estimate of drug-likeness (QED) is 0.514. The van der Waals surface area contributed by atoms with Crippen LogP contribution in [-0.4, -0.2) is 19.5 Å². The van der Waals surface area contributed by atoms with Crippen LogP contribution in [0.15, 0.2) is 40.2 Å². The second-order valence-corrected chi connectivity index (χ2v) is 5.94. The van der Waals surface area contributed by atoms with Gasteiger partial charge in [-0.15, -0.1) is 11.3 Å². The molecule has 0 bridgehead atoms. The Morgan fingerprint density at radius 3 is 2.68 bits per heavy atom. The maximum Gasteiger partial charge on any atom is 0.387 e. The third-order valence-corrected chi connectivity index (χ3v) is 4.35. The predicted octanol–water partition coefficient (Wildman–Crippen LogP) is 5.02. The van der Waals surface area contributed by atoms with E-state index >= 15 is 0 Å². The number of hydrogen-bond acceptors (Lipinski definition) is 4. The van der Waals surface area contributed by atoms with E-state index in [0.29, 0.717) is 10.4 Å². The predicted molar refractivity (Wildman–Crippen MR) is 85.0 cm³/mol. The summed E-state index contributed by atoms with van der Waals surface area (Å²) in [6.07, 6.45) is 3.01. The first kappa shape index (κ1) is 16.6. The lowest BCUT2D eigenvalue weighted by Crippen LogP contribution is -2.03. The number of ketones is 1. The van der Waals surface area contributed by atoms with E-state index in [4.69, 9.17) is 4.74 Å². The zero-order valence-electron chi connectivity index (χ0n) is 11.4. The van der Waals surface area contributed by atoms with E-state index in [1.807, 2.05) is 5.38 Å². The van der Waals surface area contributed by atoms with Gasteiger partial charge in [0, 0.05) is 9.85 Å². The van der Waals surface area contributed by atoms with E-state index in [1.165, 1.54) is 36.7 Å². The van der Waals surface area contributed by atoms with Crippen molar-refractivity contribution in [3.05, 3.63) is 50.6 Å². The first-order valence-corrected chi connectivity index (χ1v) is 7.76. The Hall–Kier alpha value is -1.73. The van der Waals surface area contributed by atoms with Crippen LogP contribution in [0.25, 0.3) is 6.08 Å². The van der Waals surface area contributed by atoms with Gasteiger partial charge in [-0.1, -0.05) is 12.1 Å². The maximum atomic E-state index is 12.2. The molecule has 3 nitrogen and oxygen atoms in total. The number of thiophene rings is 1. The zero-order chi connectivity index (χ0) is 16.1. The molecule has 0 atom stereocenters. The topological polar surface area (TPSA) is 35.5 Å². The summed E-state index contributed by atoms with van der Waals surface area (Å²) in [5.74, 6) is -0.0143. The van der Waals surface area contributed by atoms with Crippen LogP contribution in [0.2, 0.25) is 0 Å². The number of benzene rings is 1. The molecule has 0 aliphatic rings. The highest BCUT2D eigenvalue weighted by Crippen LogP contribution is 2.30. The minimum absolute atomic E-state index is 0.0526. The summed E-state index contributed by atoms with van der Waals surface area (Å²) in [5, 5.41) is 1.82. The maximum absolute atomic E-state index is 12.2. The fraction of sp³-hybridized carbons (Fsp3) is 0.133. The van der Waals surface area contributed by atoms with Gasteiger partial charge >= 0.3 is 6.61 Å². The number of rotatable bonds is 6. The number of halogens is 3. The van der Waals surface area contributed by atoms with Crippen molar-refractivity contribution in [2.24, 2.45) is 0 Å². The Morgan fingerprint density at radius 1 is 1.32 bits per heavy atom. The number of ether oxygens (including phenoxy) is 2. The van der Waals surface area contributed by atoms with Crippen LogP contribution >= 0.6 is 27.3 Å². The highest BCUT2D eigenvalue weighted by Gasteiger charge is 2.10. The summed E-state index contributed by atoms with van der Waals surface area (Å²) >= 11 is 4.62. The van der Waals surface area contributed by atoms with Crippen molar-refractivity contribution in [2.45, 2.75) is 6.61 Å². The summed E-state index contributed by atoms with van der Waals surface area (Å²) < 4.78 is 34.7. The molecule has 0 saturated carbocycles. The van der Waals surface area contributed by atoms with Gasteiger partial charge in [0.2, 0.25) is 0 Å². The molecule has 2 aromatic rings. The van der Waals surface area contributed by atoms with Crippen LogP contribution in [-0.2, 0) is 0 Å². The van der Waals surface area contributed by atoms with Gasteiger partial charge in [0.25, 0.3) is 0 Å². The average molecular weight is 389 g/mol. The van der Waals surface area contributed by atoms with E-state index in [2.05, 4.69) is 20.7 Å². The van der Waals surface area contributed by atoms with Gasteiger partial charge in [-0.2, -0.15) is 8.78 Å². The highest BCUT2D eigenvalue weighted by molar-refractivity contribution is 9.10. The minimum Gasteiger partial charge on any atom is -0.493 e. The molecule has 22 heavy (non-hydrogen) atoms. The molecule has 2 rings (SSSR count). The van der Waals surface area contributed by atoms with Crippen molar-refractivity contribution < 1.29 is 23.0 Å². The molecule has 7 heteroatoms. The van der Waals surface area contributed by atoms with Crippen molar-refractivity contribution >= 4 is 39.1 Å². The lowest BCUT2D eigenvalue weighted by atomic mass is 10.1. The Morgan fingerprint density at radius 2 is 2.09 bits per heavy atom. The van der Waals surface area contributed by atoms with E-state index < -0.39 is 6.61 Å². The number of hydrogen-bond donors (Lipinski definition) is 0. The summed E-state index contributed by atoms with van der Waals surface area (Å²) in [5.41, 5.74) is 0.641. The molecule has 0 unspecified atom stereocenters. The van der Waals surface area contributed by atoms with Crippen molar-refractivity contribution in [1.29, 1.82) is 0 Å². The number of allylic oxidation sites excluding steroid dienone is 1. The molecule has 0 saturated heterocycles. The van der Waals surface area contributed by atoms with Crippen molar-refractivity contribution in [2.75, 3.05) is 7.11 Å². The van der Waals surface area contributed by atoms with Gasteiger partial charge in [-0.05, 0) is 45.8 Å². The minimum atomic E-state index is -2.92. The highest BCUT2D eigenvalue weighted by atomic mass is 79.9. The molecule has 0 aliphatic carbocycles. The van der Waals surface area contributed by atoms with Crippen LogP contribution in [0, 0.1) is 0 Å². The molecule has 0 amide bonds. The third-order valence-electron chi connectivity index (χ3n) is 2.64. The second kappa shape index (κ2) is 7.51. The van der Waals surface area contributed by atoms with E-state index in [9.17, 15) is 13.6 Å². The van der Waals surface area contributed by atoms with E-state index in [-0.39, 0.29) is 17.3 Å². The molecule has 0 spiro atoms. The number of carbonyl (C=O) groups excluding carboxylic acids is 1. The number of alkyl halides is 2. The zero-order valence-corrected chi connectivity index (χ0v) is 13.8. The lowest BCUT2D eigenvalue weighted by molar-refractivity contribution is -0.0512. The molecule has 0 radical (unpaired) electrons. The van der Waals surface area contributed by atoms with Gasteiger partial charge in [-0.25, -0.2) is 0 Å². The molecule has 1 heterocycles. The van der Waals surface area contributed by atoms with Gasteiger partial charge in [0.15, 0.2) is 17.3 Å². The van der Waals surface area contributed by atoms with Gasteiger partial charge in [-0.3, -0.25) is 4.79 Å². The average Bonchev–Trinajstić information content (AvgIpc) is 2.92. The second-order valence-electron chi connectivity index (χ2n) is 4.12. The lowest BCUT2D eigenvalue weighted by Gasteiger charge is -2.10. The molecule has 0 fully saturated rings. The standard InChI is InChI=1S/C15H11BrF2O3S/c1-20-13-6-9(3-5-12(13)21-15(17)18)2-4-11(19)14-7-10(16)8-22-14/h2-8,15H,1H3/b4-2+. The molecule has 116 valence electrons. The Kier molecular flexibility index (Phi) is 5.68. The largest absolute Gasteiger partial charge is 0.493 e. The van der Waals surface area contributed by atoms with Crippen molar-refractivity contribution in [3.8, 4) is 11.5 Å². The van der Waals surface area contributed by atoms with E-state index in [1.54, 1.807) is 18.2 Å². The number of methoxy groups -OCH3 is 1. The summed E-state index contributed by atoms with van der Waals surface area (Å²) in [7, 11) is 1.36. The van der Waals surface area contributed by atoms with Crippen molar-refractivity contribution in [1.82, 2.24) is 0 Å². The molecule has 0 aliphatic heterocycles.